The SMILES string of the molecule is CN(c1nc(N)nc2c1ncn2[C@@H]1C[C@H](CO)[C@@H](O)C1)C1CC1. The van der Waals surface area contributed by atoms with Crippen molar-refractivity contribution in [3.8, 4) is 0 Å². The summed E-state index contributed by atoms with van der Waals surface area (Å²) in [5, 5.41) is 19.4. The fourth-order valence-corrected chi connectivity index (χ4v) is 3.56. The highest BCUT2D eigenvalue weighted by Crippen LogP contribution is 2.38. The number of nitrogens with two attached hydrogens (primary N) is 1. The molecule has 2 aromatic heterocycles. The maximum absolute atomic E-state index is 10.0. The van der Waals surface area contributed by atoms with E-state index < -0.39 is 6.10 Å². The van der Waals surface area contributed by atoms with Gasteiger partial charge in [-0.1, -0.05) is 0 Å². The van der Waals surface area contributed by atoms with Crippen LogP contribution in [0.15, 0.2) is 6.33 Å². The second kappa shape index (κ2) is 5.31. The van der Waals surface area contributed by atoms with Gasteiger partial charge in [-0.25, -0.2) is 4.98 Å². The molecule has 4 rings (SSSR count). The van der Waals surface area contributed by atoms with Crippen LogP contribution in [-0.4, -0.2) is 55.5 Å². The van der Waals surface area contributed by atoms with Crippen molar-refractivity contribution in [2.24, 2.45) is 5.92 Å². The van der Waals surface area contributed by atoms with E-state index in [-0.39, 0.29) is 24.5 Å². The number of aliphatic hydroxyl groups is 2. The lowest BCUT2D eigenvalue weighted by molar-refractivity contribution is 0.0906. The third kappa shape index (κ3) is 2.42. The molecule has 0 aliphatic heterocycles. The van der Waals surface area contributed by atoms with Gasteiger partial charge in [-0.05, 0) is 25.7 Å². The van der Waals surface area contributed by atoms with Crippen LogP contribution in [0.5, 0.6) is 0 Å². The Bertz CT molecular complexity index is 728. The smallest absolute Gasteiger partial charge is 0.224 e. The lowest BCUT2D eigenvalue weighted by atomic mass is 10.1. The molecule has 0 bridgehead atoms. The first-order chi connectivity index (χ1) is 11.1. The molecule has 4 N–H and O–H groups in total. The minimum Gasteiger partial charge on any atom is -0.396 e. The Kier molecular flexibility index (Phi) is 3.38. The number of hydrogen-bond donors (Lipinski definition) is 3. The van der Waals surface area contributed by atoms with Crippen LogP contribution in [0.1, 0.15) is 31.7 Å². The monoisotopic (exact) mass is 318 g/mol. The number of nitrogen functional groups attached to an aromatic ring is 1. The molecule has 2 aliphatic carbocycles. The maximum atomic E-state index is 10.0. The summed E-state index contributed by atoms with van der Waals surface area (Å²) in [7, 11) is 2.01. The number of nitrogens with zero attached hydrogens (tertiary/aromatic N) is 5. The summed E-state index contributed by atoms with van der Waals surface area (Å²) in [5.74, 6) is 0.912. The first kappa shape index (κ1) is 14.6. The topological polar surface area (TPSA) is 113 Å². The van der Waals surface area contributed by atoms with E-state index in [1.54, 1.807) is 6.33 Å². The number of rotatable bonds is 4. The van der Waals surface area contributed by atoms with Crippen LogP contribution in [0.25, 0.3) is 11.2 Å². The zero-order valence-corrected chi connectivity index (χ0v) is 13.1. The molecule has 0 spiro atoms. The standard InChI is InChI=1S/C15H22N6O2/c1-20(9-2-3-9)13-12-14(19-15(16)18-13)21(7-17-12)10-4-8(6-22)11(23)5-10/h7-11,22-23H,2-6H2,1H3,(H2,16,18,19)/t8-,10-,11+/m1/s1. The molecule has 0 radical (unpaired) electrons. The van der Waals surface area contributed by atoms with E-state index in [1.807, 2.05) is 11.6 Å². The van der Waals surface area contributed by atoms with Crippen molar-refractivity contribution in [3.05, 3.63) is 6.33 Å². The van der Waals surface area contributed by atoms with Crippen LogP contribution in [0.2, 0.25) is 0 Å². The molecule has 124 valence electrons. The van der Waals surface area contributed by atoms with E-state index in [0.29, 0.717) is 24.5 Å². The van der Waals surface area contributed by atoms with Crippen molar-refractivity contribution in [3.63, 3.8) is 0 Å². The Labute approximate surface area is 134 Å². The van der Waals surface area contributed by atoms with Crippen molar-refractivity contribution < 1.29 is 10.2 Å². The van der Waals surface area contributed by atoms with E-state index in [1.165, 1.54) is 0 Å². The van der Waals surface area contributed by atoms with Gasteiger partial charge in [-0.2, -0.15) is 9.97 Å². The van der Waals surface area contributed by atoms with Crippen molar-refractivity contribution in [1.29, 1.82) is 0 Å². The third-order valence-electron chi connectivity index (χ3n) is 5.11. The van der Waals surface area contributed by atoms with Crippen LogP contribution in [0.3, 0.4) is 0 Å². The summed E-state index contributed by atoms with van der Waals surface area (Å²) in [6.45, 7) is -0.00289. The molecule has 8 nitrogen and oxygen atoms in total. The number of aliphatic hydroxyl groups excluding tert-OH is 2. The molecule has 0 aromatic carbocycles. The van der Waals surface area contributed by atoms with Gasteiger partial charge in [0.1, 0.15) is 0 Å². The van der Waals surface area contributed by atoms with Gasteiger partial charge in [-0.3, -0.25) is 0 Å². The summed E-state index contributed by atoms with van der Waals surface area (Å²) in [6.07, 6.45) is 4.89. The predicted octanol–water partition coefficient (Wildman–Crippen LogP) is 0.311. The molecule has 2 aromatic rings. The highest BCUT2D eigenvalue weighted by Gasteiger charge is 2.35. The van der Waals surface area contributed by atoms with Crippen LogP contribution < -0.4 is 10.6 Å². The van der Waals surface area contributed by atoms with Gasteiger partial charge in [0.15, 0.2) is 17.0 Å². The fraction of sp³-hybridized carbons (Fsp3) is 0.667. The molecule has 2 aliphatic rings. The molecule has 8 heteroatoms. The normalized spacial score (nSPS) is 27.7. The summed E-state index contributed by atoms with van der Waals surface area (Å²) in [6, 6.07) is 0.574. The maximum Gasteiger partial charge on any atom is 0.224 e. The second-order valence-corrected chi connectivity index (χ2v) is 6.71. The van der Waals surface area contributed by atoms with Crippen LogP contribution in [0.4, 0.5) is 11.8 Å². The van der Waals surface area contributed by atoms with E-state index in [2.05, 4.69) is 19.9 Å². The summed E-state index contributed by atoms with van der Waals surface area (Å²) >= 11 is 0. The van der Waals surface area contributed by atoms with Crippen molar-refractivity contribution >= 4 is 22.9 Å². The van der Waals surface area contributed by atoms with Crippen molar-refractivity contribution in [1.82, 2.24) is 19.5 Å². The first-order valence-corrected chi connectivity index (χ1v) is 8.10. The minimum atomic E-state index is -0.491. The largest absolute Gasteiger partial charge is 0.396 e. The Morgan fingerprint density at radius 3 is 2.78 bits per heavy atom. The van der Waals surface area contributed by atoms with Gasteiger partial charge in [0.05, 0.1) is 12.4 Å². The quantitative estimate of drug-likeness (QED) is 0.743. The van der Waals surface area contributed by atoms with Crippen LogP contribution >= 0.6 is 0 Å². The molecule has 0 saturated heterocycles. The van der Waals surface area contributed by atoms with Gasteiger partial charge in [0.2, 0.25) is 5.95 Å². The Morgan fingerprint density at radius 1 is 1.35 bits per heavy atom. The van der Waals surface area contributed by atoms with Crippen molar-refractivity contribution in [2.75, 3.05) is 24.3 Å². The number of hydrogen-bond acceptors (Lipinski definition) is 7. The summed E-state index contributed by atoms with van der Waals surface area (Å²) in [4.78, 5) is 15.4. The average Bonchev–Trinajstić information content (AvgIpc) is 3.20. The zero-order valence-electron chi connectivity index (χ0n) is 13.1. The Morgan fingerprint density at radius 2 is 2.13 bits per heavy atom. The van der Waals surface area contributed by atoms with Gasteiger partial charge in [0.25, 0.3) is 0 Å². The van der Waals surface area contributed by atoms with Crippen LogP contribution in [0, 0.1) is 5.92 Å². The van der Waals surface area contributed by atoms with Gasteiger partial charge in [-0.15, -0.1) is 0 Å². The lowest BCUT2D eigenvalue weighted by Crippen LogP contribution is -2.22. The fourth-order valence-electron chi connectivity index (χ4n) is 3.56. The van der Waals surface area contributed by atoms with E-state index in [9.17, 15) is 10.2 Å². The molecule has 2 heterocycles. The Hall–Kier alpha value is -1.93. The molecular weight excluding hydrogens is 296 g/mol. The molecule has 0 amide bonds. The van der Waals surface area contributed by atoms with Gasteiger partial charge in [0, 0.05) is 31.7 Å². The number of anilines is 2. The molecule has 0 unspecified atom stereocenters. The molecule has 23 heavy (non-hydrogen) atoms. The number of aromatic nitrogens is 4. The van der Waals surface area contributed by atoms with Gasteiger partial charge >= 0.3 is 0 Å². The highest BCUT2D eigenvalue weighted by molar-refractivity contribution is 5.85. The van der Waals surface area contributed by atoms with E-state index >= 15 is 0 Å². The summed E-state index contributed by atoms with van der Waals surface area (Å²) in [5.41, 5.74) is 7.36. The zero-order chi connectivity index (χ0) is 16.1. The number of imidazole rings is 1. The van der Waals surface area contributed by atoms with Crippen molar-refractivity contribution in [2.45, 2.75) is 43.9 Å². The minimum absolute atomic E-state index is 0.00289. The first-order valence-electron chi connectivity index (χ1n) is 8.10. The Balaban J connectivity index is 1.75. The lowest BCUT2D eigenvalue weighted by Gasteiger charge is -2.18. The summed E-state index contributed by atoms with van der Waals surface area (Å²) < 4.78 is 1.97. The molecule has 2 fully saturated rings. The van der Waals surface area contributed by atoms with E-state index in [0.717, 1.165) is 24.2 Å². The van der Waals surface area contributed by atoms with Gasteiger partial charge < -0.3 is 25.4 Å². The molecule has 3 atom stereocenters. The average molecular weight is 318 g/mol. The molecule has 2 saturated carbocycles. The van der Waals surface area contributed by atoms with Crippen LogP contribution in [-0.2, 0) is 0 Å². The second-order valence-electron chi connectivity index (χ2n) is 6.71. The van der Waals surface area contributed by atoms with E-state index in [4.69, 9.17) is 5.73 Å². The molecular formula is C15H22N6O2. The highest BCUT2D eigenvalue weighted by atomic mass is 16.3. The predicted molar refractivity (Wildman–Crippen MR) is 86.0 cm³/mol. The number of fused-ring (bicyclic) bond motifs is 1. The third-order valence-corrected chi connectivity index (χ3v) is 5.11.